The largest absolute Gasteiger partial charge is 0.416 e. The number of halogens is 5. The van der Waals surface area contributed by atoms with Crippen LogP contribution in [0.3, 0.4) is 0 Å². The first-order chi connectivity index (χ1) is 12.7. The SMILES string of the molecule is O=C(Nc1cccc(C(F)(F)F)c1)N1CCN(c2ccc(F)c(F)c2)CC1. The minimum atomic E-state index is -4.49. The lowest BCUT2D eigenvalue weighted by Crippen LogP contribution is -2.50. The summed E-state index contributed by atoms with van der Waals surface area (Å²) in [6, 6.07) is 7.47. The van der Waals surface area contributed by atoms with Gasteiger partial charge < -0.3 is 15.1 Å². The van der Waals surface area contributed by atoms with Gasteiger partial charge in [0.2, 0.25) is 0 Å². The number of alkyl halides is 3. The number of carbonyl (C=O) groups excluding carboxylic acids is 1. The molecule has 0 radical (unpaired) electrons. The molecular formula is C18H16F5N3O. The summed E-state index contributed by atoms with van der Waals surface area (Å²) in [6.45, 7) is 1.37. The summed E-state index contributed by atoms with van der Waals surface area (Å²) < 4.78 is 64.6. The van der Waals surface area contributed by atoms with Gasteiger partial charge in [-0.3, -0.25) is 0 Å². The Morgan fingerprint density at radius 3 is 2.26 bits per heavy atom. The fourth-order valence-electron chi connectivity index (χ4n) is 2.83. The molecule has 2 amide bonds. The monoisotopic (exact) mass is 385 g/mol. The lowest BCUT2D eigenvalue weighted by atomic mass is 10.2. The molecule has 144 valence electrons. The van der Waals surface area contributed by atoms with Crippen LogP contribution in [0, 0.1) is 11.6 Å². The molecule has 0 bridgehead atoms. The molecule has 0 saturated carbocycles. The third-order valence-electron chi connectivity index (χ3n) is 4.28. The molecule has 1 aliphatic heterocycles. The number of piperazine rings is 1. The number of carbonyl (C=O) groups is 1. The van der Waals surface area contributed by atoms with E-state index in [9.17, 15) is 26.7 Å². The molecule has 1 saturated heterocycles. The van der Waals surface area contributed by atoms with E-state index in [1.165, 1.54) is 23.1 Å². The van der Waals surface area contributed by atoms with Crippen molar-refractivity contribution in [3.63, 3.8) is 0 Å². The first-order valence-corrected chi connectivity index (χ1v) is 8.17. The van der Waals surface area contributed by atoms with Gasteiger partial charge >= 0.3 is 12.2 Å². The molecule has 2 aromatic rings. The van der Waals surface area contributed by atoms with E-state index in [1.54, 1.807) is 4.90 Å². The maximum absolute atomic E-state index is 13.3. The Hall–Kier alpha value is -2.84. The van der Waals surface area contributed by atoms with Crippen LogP contribution in [0.15, 0.2) is 42.5 Å². The highest BCUT2D eigenvalue weighted by Gasteiger charge is 2.30. The molecule has 0 unspecified atom stereocenters. The molecule has 3 rings (SSSR count). The highest BCUT2D eigenvalue weighted by Crippen LogP contribution is 2.30. The molecule has 1 heterocycles. The molecule has 0 spiro atoms. The first-order valence-electron chi connectivity index (χ1n) is 8.17. The van der Waals surface area contributed by atoms with Crippen LogP contribution in [0.2, 0.25) is 0 Å². The molecule has 9 heteroatoms. The second kappa shape index (κ2) is 7.42. The number of nitrogens with one attached hydrogen (secondary N) is 1. The molecule has 1 fully saturated rings. The molecule has 4 nitrogen and oxygen atoms in total. The Kier molecular flexibility index (Phi) is 5.20. The predicted molar refractivity (Wildman–Crippen MR) is 90.6 cm³/mol. The van der Waals surface area contributed by atoms with E-state index in [2.05, 4.69) is 5.32 Å². The van der Waals surface area contributed by atoms with Gasteiger partial charge in [-0.15, -0.1) is 0 Å². The fraction of sp³-hybridized carbons (Fsp3) is 0.278. The summed E-state index contributed by atoms with van der Waals surface area (Å²) in [4.78, 5) is 15.5. The van der Waals surface area contributed by atoms with Crippen molar-refractivity contribution in [1.29, 1.82) is 0 Å². The molecule has 2 aromatic carbocycles. The van der Waals surface area contributed by atoms with E-state index in [0.29, 0.717) is 31.9 Å². The van der Waals surface area contributed by atoms with Crippen LogP contribution in [0.5, 0.6) is 0 Å². The number of benzene rings is 2. The average molecular weight is 385 g/mol. The Balaban J connectivity index is 1.59. The predicted octanol–water partition coefficient (Wildman–Crippen LogP) is 4.34. The summed E-state index contributed by atoms with van der Waals surface area (Å²) in [5.74, 6) is -1.88. The molecule has 0 aromatic heterocycles. The normalized spacial score (nSPS) is 15.0. The number of anilines is 2. The Morgan fingerprint density at radius 2 is 1.63 bits per heavy atom. The lowest BCUT2D eigenvalue weighted by Gasteiger charge is -2.36. The highest BCUT2D eigenvalue weighted by atomic mass is 19.4. The summed E-state index contributed by atoms with van der Waals surface area (Å²) in [6.07, 6.45) is -4.49. The van der Waals surface area contributed by atoms with Gasteiger partial charge in [-0.2, -0.15) is 13.2 Å². The van der Waals surface area contributed by atoms with Crippen molar-refractivity contribution in [3.05, 3.63) is 59.7 Å². The van der Waals surface area contributed by atoms with Crippen LogP contribution in [-0.2, 0) is 6.18 Å². The van der Waals surface area contributed by atoms with Crippen molar-refractivity contribution in [1.82, 2.24) is 4.90 Å². The summed E-state index contributed by atoms with van der Waals surface area (Å²) >= 11 is 0. The van der Waals surface area contributed by atoms with Crippen LogP contribution < -0.4 is 10.2 Å². The minimum absolute atomic E-state index is 0.0536. The van der Waals surface area contributed by atoms with E-state index < -0.39 is 29.4 Å². The number of amides is 2. The molecule has 27 heavy (non-hydrogen) atoms. The van der Waals surface area contributed by atoms with Crippen LogP contribution in [0.1, 0.15) is 5.56 Å². The van der Waals surface area contributed by atoms with Gasteiger partial charge in [-0.05, 0) is 30.3 Å². The summed E-state index contributed by atoms with van der Waals surface area (Å²) in [7, 11) is 0. The van der Waals surface area contributed by atoms with E-state index in [-0.39, 0.29) is 5.69 Å². The Morgan fingerprint density at radius 1 is 0.926 bits per heavy atom. The maximum Gasteiger partial charge on any atom is 0.416 e. The number of hydrogen-bond donors (Lipinski definition) is 1. The third kappa shape index (κ3) is 4.47. The molecule has 0 atom stereocenters. The summed E-state index contributed by atoms with van der Waals surface area (Å²) in [5.41, 5.74) is -0.284. The average Bonchev–Trinajstić information content (AvgIpc) is 2.63. The zero-order valence-electron chi connectivity index (χ0n) is 14.1. The van der Waals surface area contributed by atoms with Gasteiger partial charge in [0, 0.05) is 43.6 Å². The number of urea groups is 1. The number of rotatable bonds is 2. The van der Waals surface area contributed by atoms with Gasteiger partial charge in [0.25, 0.3) is 0 Å². The van der Waals surface area contributed by atoms with Gasteiger partial charge in [-0.1, -0.05) is 6.07 Å². The van der Waals surface area contributed by atoms with Crippen molar-refractivity contribution in [2.24, 2.45) is 0 Å². The van der Waals surface area contributed by atoms with E-state index >= 15 is 0 Å². The zero-order chi connectivity index (χ0) is 19.6. The van der Waals surface area contributed by atoms with E-state index in [4.69, 9.17) is 0 Å². The van der Waals surface area contributed by atoms with Crippen LogP contribution >= 0.6 is 0 Å². The standard InChI is InChI=1S/C18H16F5N3O/c19-15-5-4-14(11-16(15)20)25-6-8-26(9-7-25)17(27)24-13-3-1-2-12(10-13)18(21,22)23/h1-5,10-11H,6-9H2,(H,24,27). The maximum atomic E-state index is 13.3. The van der Waals surface area contributed by atoms with E-state index in [1.807, 2.05) is 0 Å². The Labute approximate surface area is 152 Å². The van der Waals surface area contributed by atoms with Crippen molar-refractivity contribution >= 4 is 17.4 Å². The van der Waals surface area contributed by atoms with E-state index in [0.717, 1.165) is 24.3 Å². The van der Waals surface area contributed by atoms with Crippen LogP contribution in [0.25, 0.3) is 0 Å². The second-order valence-corrected chi connectivity index (χ2v) is 6.08. The van der Waals surface area contributed by atoms with Crippen molar-refractivity contribution in [2.45, 2.75) is 6.18 Å². The molecule has 1 aliphatic rings. The smallest absolute Gasteiger partial charge is 0.368 e. The van der Waals surface area contributed by atoms with Gasteiger partial charge in [0.05, 0.1) is 5.56 Å². The van der Waals surface area contributed by atoms with Gasteiger partial charge in [0.15, 0.2) is 11.6 Å². The fourth-order valence-corrected chi connectivity index (χ4v) is 2.83. The summed E-state index contributed by atoms with van der Waals surface area (Å²) in [5, 5.41) is 2.45. The third-order valence-corrected chi connectivity index (χ3v) is 4.28. The first kappa shape index (κ1) is 18.9. The topological polar surface area (TPSA) is 35.6 Å². The zero-order valence-corrected chi connectivity index (χ0v) is 14.1. The quantitative estimate of drug-likeness (QED) is 0.781. The highest BCUT2D eigenvalue weighted by molar-refractivity contribution is 5.89. The minimum Gasteiger partial charge on any atom is -0.368 e. The molecule has 1 N–H and O–H groups in total. The van der Waals surface area contributed by atoms with Crippen molar-refractivity contribution in [3.8, 4) is 0 Å². The van der Waals surface area contributed by atoms with Crippen LogP contribution in [0.4, 0.5) is 38.1 Å². The lowest BCUT2D eigenvalue weighted by molar-refractivity contribution is -0.137. The van der Waals surface area contributed by atoms with Gasteiger partial charge in [0.1, 0.15) is 0 Å². The number of hydrogen-bond acceptors (Lipinski definition) is 2. The van der Waals surface area contributed by atoms with Crippen molar-refractivity contribution in [2.75, 3.05) is 36.4 Å². The van der Waals surface area contributed by atoms with Crippen LogP contribution in [-0.4, -0.2) is 37.1 Å². The van der Waals surface area contributed by atoms with Crippen molar-refractivity contribution < 1.29 is 26.7 Å². The molecule has 0 aliphatic carbocycles. The molecular weight excluding hydrogens is 369 g/mol. The Bertz CT molecular complexity index is 832. The number of nitrogens with zero attached hydrogens (tertiary/aromatic N) is 2. The second-order valence-electron chi connectivity index (χ2n) is 6.08. The van der Waals surface area contributed by atoms with Gasteiger partial charge in [-0.25, -0.2) is 13.6 Å².